The van der Waals surface area contributed by atoms with Crippen molar-refractivity contribution in [2.24, 2.45) is 11.8 Å². The molecule has 2 unspecified atom stereocenters. The van der Waals surface area contributed by atoms with E-state index in [1.54, 1.807) is 0 Å². The highest BCUT2D eigenvalue weighted by molar-refractivity contribution is 5.91. The molecule has 1 spiro atoms. The zero-order valence-corrected chi connectivity index (χ0v) is 15.3. The first-order valence-electron chi connectivity index (χ1n) is 9.42. The van der Waals surface area contributed by atoms with Crippen molar-refractivity contribution in [3.8, 4) is 0 Å². The van der Waals surface area contributed by atoms with Gasteiger partial charge in [0.05, 0.1) is 25.2 Å². The van der Waals surface area contributed by atoms with Crippen LogP contribution in [0.3, 0.4) is 0 Å². The van der Waals surface area contributed by atoms with Gasteiger partial charge in [0.2, 0.25) is 5.91 Å². The molecule has 5 nitrogen and oxygen atoms in total. The molecule has 0 radical (unpaired) electrons. The summed E-state index contributed by atoms with van der Waals surface area (Å²) in [7, 11) is 0. The molecule has 1 amide bonds. The molecule has 2 fully saturated rings. The third-order valence-corrected chi connectivity index (χ3v) is 5.69. The fourth-order valence-electron chi connectivity index (χ4n) is 4.31. The highest BCUT2D eigenvalue weighted by atomic mass is 16.6. The number of fused-ring (bicyclic) bond motifs is 1. The molecule has 3 aliphatic rings. The second-order valence-corrected chi connectivity index (χ2v) is 7.60. The van der Waals surface area contributed by atoms with E-state index in [2.05, 4.69) is 6.92 Å². The second-order valence-electron chi connectivity index (χ2n) is 7.60. The Morgan fingerprint density at radius 2 is 2.12 bits per heavy atom. The summed E-state index contributed by atoms with van der Waals surface area (Å²) in [5.74, 6) is -1.29. The van der Waals surface area contributed by atoms with Crippen LogP contribution >= 0.6 is 0 Å². The van der Waals surface area contributed by atoms with Gasteiger partial charge in [0, 0.05) is 6.54 Å². The van der Waals surface area contributed by atoms with E-state index >= 15 is 0 Å². The smallest absolute Gasteiger partial charge is 0.312 e. The summed E-state index contributed by atoms with van der Waals surface area (Å²) < 4.78 is 11.5. The van der Waals surface area contributed by atoms with Gasteiger partial charge >= 0.3 is 5.97 Å². The monoisotopic (exact) mass is 355 g/mol. The lowest BCUT2D eigenvalue weighted by Crippen LogP contribution is -2.40. The Bertz CT molecular complexity index is 741. The number of amides is 1. The van der Waals surface area contributed by atoms with Crippen LogP contribution in [0.1, 0.15) is 30.9 Å². The van der Waals surface area contributed by atoms with Crippen molar-refractivity contribution < 1.29 is 19.1 Å². The molecule has 0 aromatic heterocycles. The zero-order chi connectivity index (χ0) is 18.3. The van der Waals surface area contributed by atoms with E-state index in [9.17, 15) is 9.59 Å². The summed E-state index contributed by atoms with van der Waals surface area (Å²) in [6.07, 6.45) is 5.37. The van der Waals surface area contributed by atoms with E-state index in [0.717, 1.165) is 18.4 Å². The van der Waals surface area contributed by atoms with Crippen LogP contribution < -0.4 is 0 Å². The van der Waals surface area contributed by atoms with Crippen molar-refractivity contribution >= 4 is 11.9 Å². The number of likely N-dealkylation sites (tertiary alicyclic amines) is 1. The second kappa shape index (κ2) is 6.54. The number of hydrogen-bond donors (Lipinski definition) is 0. The SMILES string of the molecule is CCCCOC(=O)C1[C@H]2C=CC3(CN(Cc4ccc(C)cc4)C(=O)[C@@H]13)O2. The molecule has 4 rings (SSSR count). The number of aryl methyl sites for hydroxylation is 1. The largest absolute Gasteiger partial charge is 0.465 e. The number of rotatable bonds is 6. The highest BCUT2D eigenvalue weighted by Gasteiger charge is 2.67. The maximum absolute atomic E-state index is 13.1. The van der Waals surface area contributed by atoms with Crippen LogP contribution in [0, 0.1) is 18.8 Å². The number of carbonyl (C=O) groups excluding carboxylic acids is 2. The quantitative estimate of drug-likeness (QED) is 0.447. The number of benzene rings is 1. The van der Waals surface area contributed by atoms with Crippen molar-refractivity contribution in [1.82, 2.24) is 4.90 Å². The van der Waals surface area contributed by atoms with Crippen molar-refractivity contribution in [3.63, 3.8) is 0 Å². The molecule has 2 saturated heterocycles. The summed E-state index contributed by atoms with van der Waals surface area (Å²) in [6, 6.07) is 8.17. The van der Waals surface area contributed by atoms with Crippen LogP contribution in [-0.4, -0.2) is 41.6 Å². The average molecular weight is 355 g/mol. The summed E-state index contributed by atoms with van der Waals surface area (Å²) >= 11 is 0. The van der Waals surface area contributed by atoms with Crippen LogP contribution in [0.25, 0.3) is 0 Å². The molecule has 0 N–H and O–H groups in total. The summed E-state index contributed by atoms with van der Waals surface area (Å²) in [6.45, 7) is 5.53. The number of esters is 1. The Morgan fingerprint density at radius 3 is 2.85 bits per heavy atom. The number of hydrogen-bond acceptors (Lipinski definition) is 4. The molecule has 138 valence electrons. The molecule has 26 heavy (non-hydrogen) atoms. The molecule has 3 heterocycles. The van der Waals surface area contributed by atoms with Gasteiger partial charge in [-0.05, 0) is 18.9 Å². The van der Waals surface area contributed by atoms with Gasteiger partial charge in [0.1, 0.15) is 11.5 Å². The maximum Gasteiger partial charge on any atom is 0.312 e. The minimum atomic E-state index is -0.666. The zero-order valence-electron chi connectivity index (χ0n) is 15.3. The molecule has 2 bridgehead atoms. The Labute approximate surface area is 154 Å². The number of nitrogens with zero attached hydrogens (tertiary/aromatic N) is 1. The normalized spacial score (nSPS) is 31.5. The molecular formula is C21H25NO4. The van der Waals surface area contributed by atoms with E-state index in [-0.39, 0.29) is 18.0 Å². The van der Waals surface area contributed by atoms with Gasteiger partial charge in [-0.3, -0.25) is 9.59 Å². The first kappa shape index (κ1) is 17.3. The van der Waals surface area contributed by atoms with Crippen molar-refractivity contribution in [2.45, 2.75) is 44.9 Å². The molecule has 0 aliphatic carbocycles. The Kier molecular flexibility index (Phi) is 4.35. The van der Waals surface area contributed by atoms with Crippen LogP contribution in [0.5, 0.6) is 0 Å². The summed E-state index contributed by atoms with van der Waals surface area (Å²) in [5.41, 5.74) is 1.61. The molecule has 5 heteroatoms. The van der Waals surface area contributed by atoms with Crippen molar-refractivity contribution in [3.05, 3.63) is 47.5 Å². The fraction of sp³-hybridized carbons (Fsp3) is 0.524. The van der Waals surface area contributed by atoms with Crippen LogP contribution in [0.2, 0.25) is 0 Å². The Balaban J connectivity index is 1.51. The lowest BCUT2D eigenvalue weighted by molar-refractivity contribution is -0.154. The first-order valence-corrected chi connectivity index (χ1v) is 9.42. The number of ether oxygens (including phenoxy) is 2. The van der Waals surface area contributed by atoms with Gasteiger partial charge in [-0.15, -0.1) is 0 Å². The molecule has 3 aliphatic heterocycles. The first-order chi connectivity index (χ1) is 12.5. The van der Waals surface area contributed by atoms with E-state index < -0.39 is 17.4 Å². The Hall–Kier alpha value is -2.14. The van der Waals surface area contributed by atoms with Gasteiger partial charge in [-0.25, -0.2) is 0 Å². The third-order valence-electron chi connectivity index (χ3n) is 5.69. The van der Waals surface area contributed by atoms with Gasteiger partial charge in [-0.1, -0.05) is 55.3 Å². The van der Waals surface area contributed by atoms with Gasteiger partial charge in [0.25, 0.3) is 0 Å². The molecule has 4 atom stereocenters. The standard InChI is InChI=1S/C21H25NO4/c1-3-4-11-25-20(24)17-16-9-10-21(26-16)13-22(19(23)18(17)21)12-15-7-5-14(2)6-8-15/h5-10,16-18H,3-4,11-13H2,1-2H3/t16-,17?,18-,21?/m1/s1. The van der Waals surface area contributed by atoms with Gasteiger partial charge in [-0.2, -0.15) is 0 Å². The van der Waals surface area contributed by atoms with Crippen molar-refractivity contribution in [1.29, 1.82) is 0 Å². The average Bonchev–Trinajstić information content (AvgIpc) is 3.26. The molecule has 0 saturated carbocycles. The predicted molar refractivity (Wildman–Crippen MR) is 96.2 cm³/mol. The van der Waals surface area contributed by atoms with E-state index in [0.29, 0.717) is 19.7 Å². The molecule has 1 aromatic carbocycles. The Morgan fingerprint density at radius 1 is 1.35 bits per heavy atom. The van der Waals surface area contributed by atoms with E-state index in [1.807, 2.05) is 48.2 Å². The van der Waals surface area contributed by atoms with Crippen LogP contribution in [0.15, 0.2) is 36.4 Å². The molecular weight excluding hydrogens is 330 g/mol. The van der Waals surface area contributed by atoms with Crippen molar-refractivity contribution in [2.75, 3.05) is 13.2 Å². The lowest BCUT2D eigenvalue weighted by Gasteiger charge is -2.22. The maximum atomic E-state index is 13.1. The predicted octanol–water partition coefficient (Wildman–Crippen LogP) is 2.62. The third kappa shape index (κ3) is 2.75. The lowest BCUT2D eigenvalue weighted by atomic mass is 9.77. The summed E-state index contributed by atoms with van der Waals surface area (Å²) in [4.78, 5) is 27.5. The van der Waals surface area contributed by atoms with Crippen LogP contribution in [0.4, 0.5) is 0 Å². The number of carbonyl (C=O) groups is 2. The van der Waals surface area contributed by atoms with E-state index in [1.165, 1.54) is 5.56 Å². The fourth-order valence-corrected chi connectivity index (χ4v) is 4.31. The van der Waals surface area contributed by atoms with Crippen LogP contribution in [-0.2, 0) is 25.6 Å². The minimum Gasteiger partial charge on any atom is -0.465 e. The van der Waals surface area contributed by atoms with E-state index in [4.69, 9.17) is 9.47 Å². The highest BCUT2D eigenvalue weighted by Crippen LogP contribution is 2.52. The van der Waals surface area contributed by atoms with Gasteiger partial charge < -0.3 is 14.4 Å². The minimum absolute atomic E-state index is 0.00475. The summed E-state index contributed by atoms with van der Waals surface area (Å²) in [5, 5.41) is 0. The van der Waals surface area contributed by atoms with Gasteiger partial charge in [0.15, 0.2) is 0 Å². The number of unbranched alkanes of at least 4 members (excludes halogenated alkanes) is 1. The molecule has 1 aromatic rings. The topological polar surface area (TPSA) is 55.8 Å².